The first kappa shape index (κ1) is 15.5. The minimum Gasteiger partial charge on any atom is -1.00 e. The summed E-state index contributed by atoms with van der Waals surface area (Å²) in [6.45, 7) is 6.35. The van der Waals surface area contributed by atoms with Crippen molar-refractivity contribution in [1.82, 2.24) is 0 Å². The van der Waals surface area contributed by atoms with E-state index in [4.69, 9.17) is 5.11 Å². The molecule has 1 N–H and O–H groups in total. The zero-order valence-corrected chi connectivity index (χ0v) is 12.5. The molecule has 1 aliphatic rings. The molecule has 0 aromatic rings. The van der Waals surface area contributed by atoms with Crippen LogP contribution < -0.4 is 29.6 Å². The van der Waals surface area contributed by atoms with E-state index in [0.29, 0.717) is 5.92 Å². The summed E-state index contributed by atoms with van der Waals surface area (Å²) in [4.78, 5) is 10.9. The van der Waals surface area contributed by atoms with E-state index in [2.05, 4.69) is 20.8 Å². The van der Waals surface area contributed by atoms with Gasteiger partial charge in [0, 0.05) is 0 Å². The van der Waals surface area contributed by atoms with Gasteiger partial charge >= 0.3 is 35.5 Å². The Bertz CT molecular complexity index is 219. The van der Waals surface area contributed by atoms with Gasteiger partial charge in [0.2, 0.25) is 0 Å². The molecule has 3 heteroatoms. The molecule has 1 fully saturated rings. The molecule has 84 valence electrons. The average Bonchev–Trinajstić information content (AvgIpc) is 2.62. The van der Waals surface area contributed by atoms with Crippen molar-refractivity contribution in [3.05, 3.63) is 0 Å². The van der Waals surface area contributed by atoms with E-state index in [0.717, 1.165) is 6.42 Å². The first-order chi connectivity index (χ1) is 6.51. The average molecular weight is 222 g/mol. The van der Waals surface area contributed by atoms with Crippen LogP contribution in [0.25, 0.3) is 0 Å². The van der Waals surface area contributed by atoms with Gasteiger partial charge < -0.3 is 6.53 Å². The summed E-state index contributed by atoms with van der Waals surface area (Å²) in [5.74, 6) is -0.253. The van der Waals surface area contributed by atoms with Crippen molar-refractivity contribution in [2.75, 3.05) is 0 Å². The molecule has 0 spiro atoms. The predicted octanol–water partition coefficient (Wildman–Crippen LogP) is 0.430. The number of carbonyl (C=O) groups is 1. The molecule has 1 saturated carbocycles. The fraction of sp³-hybridized carbons (Fsp3) is 0.917. The molecule has 0 aromatic carbocycles. The van der Waals surface area contributed by atoms with Crippen molar-refractivity contribution in [2.45, 2.75) is 52.9 Å². The largest absolute Gasteiger partial charge is 1.00 e. The minimum absolute atomic E-state index is 0. The van der Waals surface area contributed by atoms with E-state index >= 15 is 0 Å². The summed E-state index contributed by atoms with van der Waals surface area (Å²) < 4.78 is 0. The topological polar surface area (TPSA) is 37.3 Å². The van der Waals surface area contributed by atoms with E-state index in [9.17, 15) is 4.79 Å². The molecule has 15 heavy (non-hydrogen) atoms. The third-order valence-corrected chi connectivity index (χ3v) is 3.69. The summed E-state index contributed by atoms with van der Waals surface area (Å²) in [5.41, 5.74) is 0.0536. The van der Waals surface area contributed by atoms with E-state index in [1.165, 1.54) is 25.7 Å². The predicted molar refractivity (Wildman–Crippen MR) is 58.3 cm³/mol. The first-order valence-corrected chi connectivity index (χ1v) is 5.74. The van der Waals surface area contributed by atoms with Gasteiger partial charge in [-0.2, -0.15) is 0 Å². The van der Waals surface area contributed by atoms with Crippen LogP contribution in [0.5, 0.6) is 0 Å². The van der Waals surface area contributed by atoms with Gasteiger partial charge in [-0.05, 0) is 17.8 Å². The summed E-state index contributed by atoms with van der Waals surface area (Å²) in [6.07, 6.45) is 6.09. The van der Waals surface area contributed by atoms with Crippen LogP contribution in [0, 0.1) is 17.3 Å². The standard InChI is InChI=1S/C12H22O2.Na.H/c1-4-5-6-7-8-9-10(11(13)14)12(9,2)3;;/h9-10H,4-8H2,1-3H3,(H,13,14);;/q;+1;-1. The molecule has 1 aliphatic carbocycles. The van der Waals surface area contributed by atoms with Crippen LogP contribution in [-0.2, 0) is 4.79 Å². The molecule has 0 heterocycles. The number of rotatable bonds is 6. The van der Waals surface area contributed by atoms with Gasteiger partial charge in [-0.3, -0.25) is 4.79 Å². The van der Waals surface area contributed by atoms with Gasteiger partial charge in [-0.1, -0.05) is 46.5 Å². The third kappa shape index (κ3) is 3.76. The van der Waals surface area contributed by atoms with Gasteiger partial charge in [-0.25, -0.2) is 0 Å². The number of aliphatic carboxylic acids is 1. The van der Waals surface area contributed by atoms with Gasteiger partial charge in [0.1, 0.15) is 0 Å². The zero-order valence-electron chi connectivity index (χ0n) is 11.5. The Balaban J connectivity index is 0. The molecule has 2 nitrogen and oxygen atoms in total. The smallest absolute Gasteiger partial charge is 1.00 e. The zero-order chi connectivity index (χ0) is 10.8. The number of carboxylic acid groups (broad SMARTS) is 1. The van der Waals surface area contributed by atoms with Crippen LogP contribution in [-0.4, -0.2) is 11.1 Å². The van der Waals surface area contributed by atoms with E-state index in [1.54, 1.807) is 0 Å². The molecule has 0 bridgehead atoms. The van der Waals surface area contributed by atoms with E-state index in [1.807, 2.05) is 0 Å². The Labute approximate surface area is 117 Å². The summed E-state index contributed by atoms with van der Waals surface area (Å²) >= 11 is 0. The molecule has 0 aliphatic heterocycles. The second kappa shape index (κ2) is 6.27. The fourth-order valence-corrected chi connectivity index (χ4v) is 2.56. The molecule has 0 amide bonds. The molecule has 0 aromatic heterocycles. The SMILES string of the molecule is CCCCCCC1C(C(=O)O)C1(C)C.[H-].[Na+]. The van der Waals surface area contributed by atoms with Crippen molar-refractivity contribution >= 4 is 5.97 Å². The Hall–Kier alpha value is 0.470. The van der Waals surface area contributed by atoms with Crippen molar-refractivity contribution in [3.63, 3.8) is 0 Å². The number of hydrogen-bond donors (Lipinski definition) is 1. The van der Waals surface area contributed by atoms with Gasteiger partial charge in [0.15, 0.2) is 0 Å². The maximum Gasteiger partial charge on any atom is 1.00 e. The van der Waals surface area contributed by atoms with Crippen LogP contribution >= 0.6 is 0 Å². The molecule has 1 rings (SSSR count). The van der Waals surface area contributed by atoms with Crippen molar-refractivity contribution < 1.29 is 40.9 Å². The molecule has 2 atom stereocenters. The van der Waals surface area contributed by atoms with Crippen LogP contribution in [0.15, 0.2) is 0 Å². The van der Waals surface area contributed by atoms with Crippen molar-refractivity contribution in [2.24, 2.45) is 17.3 Å². The number of unbranched alkanes of at least 4 members (excludes halogenated alkanes) is 3. The van der Waals surface area contributed by atoms with Crippen molar-refractivity contribution in [3.8, 4) is 0 Å². The number of hydrogen-bond acceptors (Lipinski definition) is 1. The van der Waals surface area contributed by atoms with Crippen LogP contribution in [0.3, 0.4) is 0 Å². The maximum atomic E-state index is 10.9. The van der Waals surface area contributed by atoms with Gasteiger partial charge in [0.05, 0.1) is 5.92 Å². The molecule has 0 radical (unpaired) electrons. The third-order valence-electron chi connectivity index (χ3n) is 3.69. The number of carboxylic acids is 1. The minimum atomic E-state index is -0.601. The Morgan fingerprint density at radius 2 is 1.93 bits per heavy atom. The van der Waals surface area contributed by atoms with E-state index < -0.39 is 5.97 Å². The van der Waals surface area contributed by atoms with E-state index in [-0.39, 0.29) is 42.3 Å². The van der Waals surface area contributed by atoms with Gasteiger partial charge in [0.25, 0.3) is 0 Å². The monoisotopic (exact) mass is 222 g/mol. The summed E-state index contributed by atoms with van der Waals surface area (Å²) in [6, 6.07) is 0. The quantitative estimate of drug-likeness (QED) is 0.523. The van der Waals surface area contributed by atoms with Crippen LogP contribution in [0.2, 0.25) is 0 Å². The van der Waals surface area contributed by atoms with Gasteiger partial charge in [-0.15, -0.1) is 0 Å². The maximum absolute atomic E-state index is 10.9. The summed E-state index contributed by atoms with van der Waals surface area (Å²) in [7, 11) is 0. The fourth-order valence-electron chi connectivity index (χ4n) is 2.56. The Morgan fingerprint density at radius 1 is 1.33 bits per heavy atom. The molecule has 0 saturated heterocycles. The second-order valence-corrected chi connectivity index (χ2v) is 5.09. The second-order valence-electron chi connectivity index (χ2n) is 5.09. The normalized spacial score (nSPS) is 26.9. The molecule has 2 unspecified atom stereocenters. The Morgan fingerprint density at radius 3 is 2.33 bits per heavy atom. The summed E-state index contributed by atoms with van der Waals surface area (Å²) in [5, 5.41) is 8.96. The first-order valence-electron chi connectivity index (χ1n) is 5.74. The molecular formula is C12H23NaO2. The Kier molecular flexibility index (Phi) is 6.46. The van der Waals surface area contributed by atoms with Crippen molar-refractivity contribution in [1.29, 1.82) is 0 Å². The molecular weight excluding hydrogens is 199 g/mol. The van der Waals surface area contributed by atoms with Crippen LogP contribution in [0.1, 0.15) is 54.3 Å². The van der Waals surface area contributed by atoms with Crippen LogP contribution in [0.4, 0.5) is 0 Å².